The number of nitrogens with one attached hydrogen (secondary N) is 2. The lowest BCUT2D eigenvalue weighted by Crippen LogP contribution is -2.38. The molecular formula is C21H23ClFN3O3. The van der Waals surface area contributed by atoms with Gasteiger partial charge in [0.15, 0.2) is 6.10 Å². The Labute approximate surface area is 173 Å². The normalized spacial score (nSPS) is 17.6. The molecule has 1 saturated carbocycles. The quantitative estimate of drug-likeness (QED) is 0.693. The largest absolute Gasteiger partial charge is 0.378 e. The maximum absolute atomic E-state index is 13.4. The number of anilines is 1. The zero-order valence-electron chi connectivity index (χ0n) is 16.3. The van der Waals surface area contributed by atoms with E-state index < -0.39 is 17.8 Å². The van der Waals surface area contributed by atoms with Crippen LogP contribution < -0.4 is 10.6 Å². The molecule has 2 amide bonds. The van der Waals surface area contributed by atoms with E-state index >= 15 is 0 Å². The van der Waals surface area contributed by atoms with Gasteiger partial charge >= 0.3 is 0 Å². The third-order valence-electron chi connectivity index (χ3n) is 5.80. The van der Waals surface area contributed by atoms with Crippen molar-refractivity contribution in [3.8, 4) is 0 Å². The molecule has 2 heterocycles. The molecule has 2 aromatic rings. The Hall–Kier alpha value is -2.38. The highest BCUT2D eigenvalue weighted by molar-refractivity contribution is 6.31. The average Bonchev–Trinajstić information content (AvgIpc) is 3.08. The molecule has 1 fully saturated rings. The van der Waals surface area contributed by atoms with Gasteiger partial charge in [-0.2, -0.15) is 0 Å². The number of benzene rings is 1. The number of fused-ring (bicyclic) bond motifs is 1. The number of aliphatic hydroxyl groups is 1. The minimum atomic E-state index is -1.33. The molecule has 8 heteroatoms. The van der Waals surface area contributed by atoms with Gasteiger partial charge in [0.05, 0.1) is 5.02 Å². The first-order chi connectivity index (χ1) is 13.7. The number of nitrogens with zero attached hydrogens (tertiary/aromatic N) is 1. The molecule has 0 radical (unpaired) electrons. The minimum absolute atomic E-state index is 0.0822. The highest BCUT2D eigenvalue weighted by Gasteiger charge is 2.41. The SMILES string of the molecule is Cc1c(C(O)C(=O)NC2(C)CC2)c2n(c1C(=O)Nc1ccc(F)c(Cl)c1)CCC2. The maximum Gasteiger partial charge on any atom is 0.272 e. The molecule has 29 heavy (non-hydrogen) atoms. The lowest BCUT2D eigenvalue weighted by atomic mass is 10.0. The Kier molecular flexibility index (Phi) is 4.91. The third-order valence-corrected chi connectivity index (χ3v) is 6.09. The molecule has 0 saturated heterocycles. The van der Waals surface area contributed by atoms with Crippen LogP contribution in [0.1, 0.15) is 59.6 Å². The lowest BCUT2D eigenvalue weighted by molar-refractivity contribution is -0.130. The van der Waals surface area contributed by atoms with Crippen molar-refractivity contribution in [1.82, 2.24) is 9.88 Å². The summed E-state index contributed by atoms with van der Waals surface area (Å²) in [6, 6.07) is 3.96. The van der Waals surface area contributed by atoms with E-state index in [1.54, 1.807) is 6.92 Å². The third kappa shape index (κ3) is 3.65. The summed E-state index contributed by atoms with van der Waals surface area (Å²) in [4.78, 5) is 25.6. The van der Waals surface area contributed by atoms with E-state index in [1.807, 2.05) is 11.5 Å². The Morgan fingerprint density at radius 1 is 1.34 bits per heavy atom. The molecule has 1 aromatic heterocycles. The fourth-order valence-corrected chi connectivity index (χ4v) is 4.16. The molecule has 1 aromatic carbocycles. The summed E-state index contributed by atoms with van der Waals surface area (Å²) in [6.45, 7) is 4.32. The molecule has 1 atom stereocenters. The van der Waals surface area contributed by atoms with Crippen LogP contribution in [0.4, 0.5) is 10.1 Å². The summed E-state index contributed by atoms with van der Waals surface area (Å²) in [6.07, 6.45) is 1.98. The van der Waals surface area contributed by atoms with Gasteiger partial charge in [0, 0.05) is 29.0 Å². The minimum Gasteiger partial charge on any atom is -0.378 e. The molecule has 1 aliphatic heterocycles. The van der Waals surface area contributed by atoms with Gasteiger partial charge in [-0.3, -0.25) is 9.59 Å². The molecule has 3 N–H and O–H groups in total. The van der Waals surface area contributed by atoms with Crippen molar-refractivity contribution in [3.63, 3.8) is 0 Å². The van der Waals surface area contributed by atoms with Crippen LogP contribution in [0, 0.1) is 12.7 Å². The van der Waals surface area contributed by atoms with Crippen LogP contribution in [-0.2, 0) is 17.8 Å². The Balaban J connectivity index is 1.64. The first-order valence-corrected chi connectivity index (χ1v) is 10.1. The van der Waals surface area contributed by atoms with Gasteiger partial charge < -0.3 is 20.3 Å². The monoisotopic (exact) mass is 419 g/mol. The zero-order valence-corrected chi connectivity index (χ0v) is 17.1. The number of carbonyl (C=O) groups excluding carboxylic acids is 2. The molecule has 1 unspecified atom stereocenters. The fraction of sp³-hybridized carbons (Fsp3) is 0.429. The summed E-state index contributed by atoms with van der Waals surface area (Å²) in [5, 5.41) is 16.3. The summed E-state index contributed by atoms with van der Waals surface area (Å²) in [7, 11) is 0. The van der Waals surface area contributed by atoms with Crippen molar-refractivity contribution in [2.75, 3.05) is 5.32 Å². The summed E-state index contributed by atoms with van der Waals surface area (Å²) >= 11 is 5.80. The van der Waals surface area contributed by atoms with Crippen molar-refractivity contribution in [3.05, 3.63) is 51.6 Å². The second-order valence-electron chi connectivity index (χ2n) is 8.12. The van der Waals surface area contributed by atoms with Gasteiger partial charge in [-0.25, -0.2) is 4.39 Å². The second-order valence-corrected chi connectivity index (χ2v) is 8.53. The summed E-state index contributed by atoms with van der Waals surface area (Å²) in [5.41, 5.74) is 2.43. The molecule has 0 bridgehead atoms. The number of amides is 2. The predicted molar refractivity (Wildman–Crippen MR) is 108 cm³/mol. The highest BCUT2D eigenvalue weighted by Crippen LogP contribution is 2.37. The van der Waals surface area contributed by atoms with Crippen LogP contribution in [-0.4, -0.2) is 27.0 Å². The number of hydrogen-bond donors (Lipinski definition) is 3. The fourth-order valence-electron chi connectivity index (χ4n) is 3.98. The Morgan fingerprint density at radius 3 is 2.72 bits per heavy atom. The summed E-state index contributed by atoms with van der Waals surface area (Å²) < 4.78 is 15.2. The Bertz CT molecular complexity index is 1010. The second kappa shape index (κ2) is 7.15. The standard InChI is InChI=1S/C21H23ClFN3O3/c1-11-16(18(27)20(29)25-21(2)7-8-21)15-4-3-9-26(15)17(11)19(28)24-12-5-6-14(23)13(22)10-12/h5-6,10,18,27H,3-4,7-9H2,1-2H3,(H,24,28)(H,25,29). The first-order valence-electron chi connectivity index (χ1n) is 9.68. The molecule has 6 nitrogen and oxygen atoms in total. The number of hydrogen-bond acceptors (Lipinski definition) is 3. The van der Waals surface area contributed by atoms with Crippen molar-refractivity contribution >= 4 is 29.1 Å². The van der Waals surface area contributed by atoms with Crippen LogP contribution in [0.5, 0.6) is 0 Å². The molecular weight excluding hydrogens is 397 g/mol. The van der Waals surface area contributed by atoms with Crippen LogP contribution in [0.2, 0.25) is 5.02 Å². The van der Waals surface area contributed by atoms with E-state index in [4.69, 9.17) is 11.6 Å². The van der Waals surface area contributed by atoms with Gasteiger partial charge in [-0.05, 0) is 63.3 Å². The molecule has 1 aliphatic carbocycles. The van der Waals surface area contributed by atoms with Gasteiger partial charge in [0.25, 0.3) is 11.8 Å². The van der Waals surface area contributed by atoms with Crippen LogP contribution in [0.3, 0.4) is 0 Å². The Morgan fingerprint density at radius 2 is 2.07 bits per heavy atom. The van der Waals surface area contributed by atoms with E-state index in [2.05, 4.69) is 10.6 Å². The predicted octanol–water partition coefficient (Wildman–Crippen LogP) is 3.49. The number of aliphatic hydroxyl groups excluding tert-OH is 1. The van der Waals surface area contributed by atoms with Gasteiger partial charge in [0.1, 0.15) is 11.5 Å². The smallest absolute Gasteiger partial charge is 0.272 e. The summed E-state index contributed by atoms with van der Waals surface area (Å²) in [5.74, 6) is -1.39. The number of rotatable bonds is 5. The first kappa shape index (κ1) is 19.9. The van der Waals surface area contributed by atoms with E-state index in [0.717, 1.165) is 25.0 Å². The van der Waals surface area contributed by atoms with Gasteiger partial charge in [-0.1, -0.05) is 11.6 Å². The van der Waals surface area contributed by atoms with Gasteiger partial charge in [-0.15, -0.1) is 0 Å². The molecule has 154 valence electrons. The van der Waals surface area contributed by atoms with Crippen molar-refractivity contribution in [2.24, 2.45) is 0 Å². The maximum atomic E-state index is 13.4. The molecule has 0 spiro atoms. The lowest BCUT2D eigenvalue weighted by Gasteiger charge is -2.17. The van der Waals surface area contributed by atoms with Crippen LogP contribution in [0.15, 0.2) is 18.2 Å². The van der Waals surface area contributed by atoms with E-state index in [9.17, 15) is 19.1 Å². The van der Waals surface area contributed by atoms with Gasteiger partial charge in [0.2, 0.25) is 0 Å². The van der Waals surface area contributed by atoms with E-state index in [1.165, 1.54) is 18.2 Å². The van der Waals surface area contributed by atoms with Crippen molar-refractivity contribution < 1.29 is 19.1 Å². The molecule has 2 aliphatic rings. The zero-order chi connectivity index (χ0) is 20.9. The highest BCUT2D eigenvalue weighted by atomic mass is 35.5. The van der Waals surface area contributed by atoms with E-state index in [0.29, 0.717) is 35.5 Å². The van der Waals surface area contributed by atoms with E-state index in [-0.39, 0.29) is 16.5 Å². The van der Waals surface area contributed by atoms with Crippen molar-refractivity contribution in [1.29, 1.82) is 0 Å². The topological polar surface area (TPSA) is 83.4 Å². The number of carbonyl (C=O) groups is 2. The number of halogens is 2. The average molecular weight is 420 g/mol. The van der Waals surface area contributed by atoms with Crippen LogP contribution >= 0.6 is 11.6 Å². The van der Waals surface area contributed by atoms with Crippen molar-refractivity contribution in [2.45, 2.75) is 57.7 Å². The van der Waals surface area contributed by atoms with Crippen LogP contribution in [0.25, 0.3) is 0 Å². The molecule has 4 rings (SSSR count). The number of aromatic nitrogens is 1.